The van der Waals surface area contributed by atoms with Gasteiger partial charge in [-0.05, 0) is 45.7 Å². The molecule has 7 nitrogen and oxygen atoms in total. The number of ether oxygens (including phenoxy) is 2. The number of esters is 1. The largest absolute Gasteiger partial charge is 0.478 e. The van der Waals surface area contributed by atoms with Crippen LogP contribution in [0.3, 0.4) is 0 Å². The molecule has 0 amide bonds. The topological polar surface area (TPSA) is 87.5 Å². The number of nitrogens with zero attached hydrogens (tertiary/aromatic N) is 2. The molecular formula is C22H30N4O3S. The summed E-state index contributed by atoms with van der Waals surface area (Å²) in [7, 11) is 0. The third-order valence-corrected chi connectivity index (χ3v) is 6.04. The van der Waals surface area contributed by atoms with E-state index in [1.165, 1.54) is 0 Å². The minimum absolute atomic E-state index is 0.143. The predicted molar refractivity (Wildman–Crippen MR) is 120 cm³/mol. The number of anilines is 1. The molecule has 2 N–H and O–H groups in total. The van der Waals surface area contributed by atoms with E-state index in [2.05, 4.69) is 10.2 Å². The molecule has 1 aliphatic rings. The first-order chi connectivity index (χ1) is 14.5. The van der Waals surface area contributed by atoms with Gasteiger partial charge in [0.1, 0.15) is 6.04 Å². The van der Waals surface area contributed by atoms with E-state index in [1.54, 1.807) is 11.3 Å². The zero-order valence-corrected chi connectivity index (χ0v) is 18.6. The van der Waals surface area contributed by atoms with Crippen molar-refractivity contribution in [3.63, 3.8) is 0 Å². The van der Waals surface area contributed by atoms with Crippen molar-refractivity contribution in [3.05, 3.63) is 35.2 Å². The fourth-order valence-corrected chi connectivity index (χ4v) is 4.31. The Morgan fingerprint density at radius 3 is 2.53 bits per heavy atom. The maximum absolute atomic E-state index is 11.9. The van der Waals surface area contributed by atoms with Crippen LogP contribution in [0.15, 0.2) is 29.6 Å². The molecule has 1 fully saturated rings. The maximum Gasteiger partial charge on any atom is 0.323 e. The lowest BCUT2D eigenvalue weighted by Gasteiger charge is -2.35. The fraction of sp³-hybridized carbons (Fsp3) is 0.500. The molecule has 30 heavy (non-hydrogen) atoms. The summed E-state index contributed by atoms with van der Waals surface area (Å²) in [6.45, 7) is 8.26. The van der Waals surface area contributed by atoms with Crippen LogP contribution in [0.25, 0.3) is 11.3 Å². The summed E-state index contributed by atoms with van der Waals surface area (Å²) in [5.74, 6) is 0.0455. The number of hydrogen-bond donors (Lipinski definition) is 2. The van der Waals surface area contributed by atoms with Crippen molar-refractivity contribution in [1.29, 1.82) is 5.41 Å². The second kappa shape index (κ2) is 10.5. The van der Waals surface area contributed by atoms with Crippen molar-refractivity contribution < 1.29 is 14.3 Å². The first kappa shape index (κ1) is 22.2. The monoisotopic (exact) mass is 430 g/mol. The molecule has 3 rings (SSSR count). The lowest BCUT2D eigenvalue weighted by Crippen LogP contribution is -2.47. The molecule has 0 spiro atoms. The van der Waals surface area contributed by atoms with E-state index in [1.807, 2.05) is 50.4 Å². The number of rotatable bonds is 8. The molecule has 1 aliphatic heterocycles. The van der Waals surface area contributed by atoms with Gasteiger partial charge in [0.15, 0.2) is 5.13 Å². The summed E-state index contributed by atoms with van der Waals surface area (Å²) >= 11 is 1.60. The number of piperidine rings is 1. The van der Waals surface area contributed by atoms with E-state index in [9.17, 15) is 4.79 Å². The molecule has 1 unspecified atom stereocenters. The van der Waals surface area contributed by atoms with Crippen LogP contribution in [-0.2, 0) is 14.3 Å². The zero-order valence-electron chi connectivity index (χ0n) is 17.8. The Morgan fingerprint density at radius 1 is 1.23 bits per heavy atom. The number of likely N-dealkylation sites (tertiary alicyclic amines) is 1. The number of carbonyl (C=O) groups excluding carboxylic acids is 1. The van der Waals surface area contributed by atoms with Gasteiger partial charge in [0.2, 0.25) is 5.90 Å². The van der Waals surface area contributed by atoms with Gasteiger partial charge in [0.05, 0.1) is 18.9 Å². The van der Waals surface area contributed by atoms with Crippen LogP contribution in [0.2, 0.25) is 0 Å². The first-order valence-electron chi connectivity index (χ1n) is 10.5. The van der Waals surface area contributed by atoms with Crippen LogP contribution in [0, 0.1) is 5.41 Å². The minimum atomic E-state index is -0.190. The number of thiazole rings is 1. The molecule has 2 aromatic rings. The Kier molecular flexibility index (Phi) is 7.81. The van der Waals surface area contributed by atoms with Gasteiger partial charge in [-0.2, -0.15) is 0 Å². The molecule has 8 heteroatoms. The first-order valence-corrected chi connectivity index (χ1v) is 11.3. The van der Waals surface area contributed by atoms with Crippen LogP contribution in [-0.4, -0.2) is 60.1 Å². The average molecular weight is 431 g/mol. The van der Waals surface area contributed by atoms with Gasteiger partial charge >= 0.3 is 5.97 Å². The summed E-state index contributed by atoms with van der Waals surface area (Å²) in [4.78, 5) is 18.8. The number of hydrogen-bond acceptors (Lipinski definition) is 8. The molecule has 162 valence electrons. The van der Waals surface area contributed by atoms with Gasteiger partial charge in [-0.1, -0.05) is 12.1 Å². The molecule has 0 radical (unpaired) electrons. The third kappa shape index (κ3) is 5.58. The van der Waals surface area contributed by atoms with Crippen molar-refractivity contribution in [2.24, 2.45) is 0 Å². The standard InChI is InChI=1S/C22H30N4O3S/c1-4-28-20(23)17-8-6-16(7-9-17)19-14-30-22(25-19)24-18-10-12-26(13-11-18)15(3)21(27)29-5-2/h6-9,14-15,18,23H,4-5,10-13H2,1-3H3,(H,24,25). The van der Waals surface area contributed by atoms with E-state index in [0.29, 0.717) is 19.3 Å². The number of aromatic nitrogens is 1. The smallest absolute Gasteiger partial charge is 0.323 e. The molecule has 1 atom stereocenters. The summed E-state index contributed by atoms with van der Waals surface area (Å²) in [5, 5.41) is 14.4. The maximum atomic E-state index is 11.9. The van der Waals surface area contributed by atoms with Gasteiger partial charge < -0.3 is 14.8 Å². The van der Waals surface area contributed by atoms with Crippen LogP contribution in [0.4, 0.5) is 5.13 Å². The zero-order chi connectivity index (χ0) is 21.5. The van der Waals surface area contributed by atoms with E-state index < -0.39 is 0 Å². The highest BCUT2D eigenvalue weighted by atomic mass is 32.1. The van der Waals surface area contributed by atoms with Crippen LogP contribution in [0.5, 0.6) is 0 Å². The van der Waals surface area contributed by atoms with Crippen LogP contribution in [0.1, 0.15) is 39.2 Å². The lowest BCUT2D eigenvalue weighted by atomic mass is 10.0. The molecule has 2 heterocycles. The van der Waals surface area contributed by atoms with Gasteiger partial charge in [0.25, 0.3) is 0 Å². The van der Waals surface area contributed by atoms with Crippen molar-refractivity contribution in [3.8, 4) is 11.3 Å². The molecule has 1 aromatic heterocycles. The predicted octanol–water partition coefficient (Wildman–Crippen LogP) is 4.00. The van der Waals surface area contributed by atoms with E-state index in [-0.39, 0.29) is 17.9 Å². The van der Waals surface area contributed by atoms with E-state index in [0.717, 1.165) is 47.9 Å². The second-order valence-corrected chi connectivity index (χ2v) is 8.12. The highest BCUT2D eigenvalue weighted by molar-refractivity contribution is 7.14. The van der Waals surface area contributed by atoms with Crippen LogP contribution < -0.4 is 5.32 Å². The highest BCUT2D eigenvalue weighted by Crippen LogP contribution is 2.27. The highest BCUT2D eigenvalue weighted by Gasteiger charge is 2.27. The number of carbonyl (C=O) groups is 1. The number of nitrogens with one attached hydrogen (secondary N) is 2. The molecule has 1 aromatic carbocycles. The van der Waals surface area contributed by atoms with Gasteiger partial charge in [-0.25, -0.2) is 4.98 Å². The Labute approximate surface area is 181 Å². The normalized spacial score (nSPS) is 16.1. The minimum Gasteiger partial charge on any atom is -0.478 e. The quantitative estimate of drug-likeness (QED) is 0.374. The molecule has 0 saturated carbocycles. The number of benzene rings is 1. The van der Waals surface area contributed by atoms with Crippen molar-refractivity contribution in [1.82, 2.24) is 9.88 Å². The Bertz CT molecular complexity index is 844. The summed E-state index contributed by atoms with van der Waals surface area (Å²) in [6, 6.07) is 7.88. The van der Waals surface area contributed by atoms with Crippen molar-refractivity contribution in [2.75, 3.05) is 31.6 Å². The SMILES string of the molecule is CCOC(=N)c1ccc(-c2csc(NC3CCN(C(C)C(=O)OCC)CC3)n2)cc1. The Balaban J connectivity index is 1.53. The summed E-state index contributed by atoms with van der Waals surface area (Å²) < 4.78 is 10.4. The van der Waals surface area contributed by atoms with Crippen molar-refractivity contribution in [2.45, 2.75) is 45.7 Å². The summed E-state index contributed by atoms with van der Waals surface area (Å²) in [6.07, 6.45) is 1.93. The Morgan fingerprint density at radius 2 is 1.90 bits per heavy atom. The fourth-order valence-electron chi connectivity index (χ4n) is 3.51. The van der Waals surface area contributed by atoms with Crippen LogP contribution >= 0.6 is 11.3 Å². The van der Waals surface area contributed by atoms with E-state index in [4.69, 9.17) is 19.9 Å². The third-order valence-electron chi connectivity index (χ3n) is 5.27. The molecule has 1 saturated heterocycles. The van der Waals surface area contributed by atoms with E-state index >= 15 is 0 Å². The van der Waals surface area contributed by atoms with Crippen molar-refractivity contribution >= 4 is 28.3 Å². The summed E-state index contributed by atoms with van der Waals surface area (Å²) in [5.41, 5.74) is 2.70. The molecule has 0 aliphatic carbocycles. The lowest BCUT2D eigenvalue weighted by molar-refractivity contribution is -0.149. The molecule has 0 bridgehead atoms. The van der Waals surface area contributed by atoms with Gasteiger partial charge in [-0.15, -0.1) is 11.3 Å². The van der Waals surface area contributed by atoms with Gasteiger partial charge in [-0.3, -0.25) is 15.1 Å². The molecular weight excluding hydrogens is 400 g/mol. The van der Waals surface area contributed by atoms with Gasteiger partial charge in [0, 0.05) is 35.6 Å². The Hall–Kier alpha value is -2.45. The average Bonchev–Trinajstić information content (AvgIpc) is 3.22. The second-order valence-electron chi connectivity index (χ2n) is 7.26.